The van der Waals surface area contributed by atoms with Crippen LogP contribution in [0.2, 0.25) is 5.02 Å². The van der Waals surface area contributed by atoms with Crippen molar-refractivity contribution in [3.05, 3.63) is 86.2 Å². The Morgan fingerprint density at radius 3 is 2.78 bits per heavy atom. The highest BCUT2D eigenvalue weighted by molar-refractivity contribution is 7.16. The summed E-state index contributed by atoms with van der Waals surface area (Å²) in [4.78, 5) is 29.9. The Balaban J connectivity index is 1.46. The molecule has 164 valence electrons. The van der Waals surface area contributed by atoms with Crippen molar-refractivity contribution in [1.29, 1.82) is 0 Å². The fourth-order valence-electron chi connectivity index (χ4n) is 3.07. The number of carbonyl (C=O) groups is 1. The van der Waals surface area contributed by atoms with Gasteiger partial charge in [-0.1, -0.05) is 55.0 Å². The predicted molar refractivity (Wildman–Crippen MR) is 126 cm³/mol. The monoisotopic (exact) mass is 468 g/mol. The largest absolute Gasteiger partial charge is 0.487 e. The van der Waals surface area contributed by atoms with Gasteiger partial charge in [-0.05, 0) is 30.2 Å². The van der Waals surface area contributed by atoms with Gasteiger partial charge in [0.05, 0.1) is 16.3 Å². The van der Waals surface area contributed by atoms with Crippen molar-refractivity contribution in [2.75, 3.05) is 5.32 Å². The van der Waals surface area contributed by atoms with E-state index in [0.29, 0.717) is 38.6 Å². The maximum absolute atomic E-state index is 12.5. The summed E-state index contributed by atoms with van der Waals surface area (Å²) in [6, 6.07) is 15.3. The maximum Gasteiger partial charge on any atom is 0.275 e. The van der Waals surface area contributed by atoms with Crippen molar-refractivity contribution >= 4 is 39.5 Å². The van der Waals surface area contributed by atoms with Gasteiger partial charge in [0.15, 0.2) is 0 Å². The van der Waals surface area contributed by atoms with Gasteiger partial charge in [0.1, 0.15) is 17.4 Å². The molecule has 7 nitrogen and oxygen atoms in total. The number of nitrogens with zero attached hydrogens (tertiary/aromatic N) is 3. The van der Waals surface area contributed by atoms with Crippen LogP contribution in [0.1, 0.15) is 34.9 Å². The highest BCUT2D eigenvalue weighted by Crippen LogP contribution is 2.21. The molecular weight excluding hydrogens is 448 g/mol. The molecule has 2 aromatic heterocycles. The molecule has 1 amide bonds. The molecule has 0 radical (unpaired) electrons. The number of fused-ring (bicyclic) bond motifs is 1. The van der Waals surface area contributed by atoms with E-state index < -0.39 is 0 Å². The van der Waals surface area contributed by atoms with Crippen molar-refractivity contribution in [1.82, 2.24) is 14.6 Å². The van der Waals surface area contributed by atoms with E-state index in [9.17, 15) is 9.59 Å². The molecule has 9 heteroatoms. The van der Waals surface area contributed by atoms with Gasteiger partial charge in [-0.25, -0.2) is 4.98 Å². The Bertz CT molecular complexity index is 1330. The highest BCUT2D eigenvalue weighted by Gasteiger charge is 2.12. The van der Waals surface area contributed by atoms with Crippen LogP contribution < -0.4 is 15.6 Å². The number of amides is 1. The topological polar surface area (TPSA) is 85.6 Å². The SMILES string of the molecule is CC(C)Cc1nn2c(=O)cc(COc3cccc(NC(=O)c4ccccc4Cl)c3)nc2s1. The molecule has 0 aliphatic carbocycles. The molecular formula is C23H21ClN4O3S. The molecule has 4 rings (SSSR count). The molecule has 0 saturated heterocycles. The lowest BCUT2D eigenvalue weighted by molar-refractivity contribution is 0.102. The van der Waals surface area contributed by atoms with Gasteiger partial charge < -0.3 is 10.1 Å². The number of aromatic nitrogens is 3. The van der Waals surface area contributed by atoms with Gasteiger partial charge in [-0.2, -0.15) is 9.61 Å². The normalized spacial score (nSPS) is 11.1. The van der Waals surface area contributed by atoms with Gasteiger partial charge in [0.25, 0.3) is 11.5 Å². The minimum Gasteiger partial charge on any atom is -0.487 e. The van der Waals surface area contributed by atoms with E-state index in [-0.39, 0.29) is 18.1 Å². The lowest BCUT2D eigenvalue weighted by Crippen LogP contribution is -2.16. The van der Waals surface area contributed by atoms with Crippen molar-refractivity contribution in [2.45, 2.75) is 26.9 Å². The van der Waals surface area contributed by atoms with Crippen molar-refractivity contribution in [2.24, 2.45) is 5.92 Å². The second-order valence-electron chi connectivity index (χ2n) is 7.62. The average Bonchev–Trinajstić information content (AvgIpc) is 3.15. The lowest BCUT2D eigenvalue weighted by atomic mass is 10.1. The van der Waals surface area contributed by atoms with Gasteiger partial charge in [-0.15, -0.1) is 0 Å². The average molecular weight is 469 g/mol. The number of benzene rings is 2. The quantitative estimate of drug-likeness (QED) is 0.419. The molecule has 0 unspecified atom stereocenters. The third kappa shape index (κ3) is 5.15. The first-order valence-corrected chi connectivity index (χ1v) is 11.3. The summed E-state index contributed by atoms with van der Waals surface area (Å²) < 4.78 is 7.15. The van der Waals surface area contributed by atoms with Gasteiger partial charge in [0.2, 0.25) is 4.96 Å². The molecule has 2 aromatic carbocycles. The Morgan fingerprint density at radius 1 is 1.19 bits per heavy atom. The molecule has 0 saturated carbocycles. The van der Waals surface area contributed by atoms with E-state index in [0.717, 1.165) is 11.4 Å². The number of rotatable bonds is 7. The smallest absolute Gasteiger partial charge is 0.275 e. The molecule has 0 aliphatic heterocycles. The lowest BCUT2D eigenvalue weighted by Gasteiger charge is -2.10. The summed E-state index contributed by atoms with van der Waals surface area (Å²) in [6.45, 7) is 4.32. The minimum atomic E-state index is -0.310. The molecule has 0 atom stereocenters. The van der Waals surface area contributed by atoms with E-state index in [2.05, 4.69) is 29.2 Å². The van der Waals surface area contributed by atoms with Crippen LogP contribution in [0.5, 0.6) is 5.75 Å². The van der Waals surface area contributed by atoms with E-state index in [1.165, 1.54) is 21.9 Å². The third-order valence-corrected chi connectivity index (χ3v) is 5.78. The maximum atomic E-state index is 12.5. The highest BCUT2D eigenvalue weighted by atomic mass is 35.5. The fraction of sp³-hybridized carbons (Fsp3) is 0.217. The van der Waals surface area contributed by atoms with Gasteiger partial charge in [-0.3, -0.25) is 9.59 Å². The van der Waals surface area contributed by atoms with E-state index >= 15 is 0 Å². The second-order valence-corrected chi connectivity index (χ2v) is 9.07. The minimum absolute atomic E-state index is 0.116. The van der Waals surface area contributed by atoms with Crippen molar-refractivity contribution < 1.29 is 9.53 Å². The zero-order valence-corrected chi connectivity index (χ0v) is 19.1. The third-order valence-electron chi connectivity index (χ3n) is 4.52. The summed E-state index contributed by atoms with van der Waals surface area (Å²) in [5, 5.41) is 8.42. The number of ether oxygens (including phenoxy) is 1. The Kier molecular flexibility index (Phi) is 6.53. The molecule has 32 heavy (non-hydrogen) atoms. The molecule has 0 bridgehead atoms. The Hall–Kier alpha value is -3.23. The van der Waals surface area contributed by atoms with Gasteiger partial charge in [0, 0.05) is 24.2 Å². The molecule has 0 spiro atoms. The zero-order chi connectivity index (χ0) is 22.7. The molecule has 0 fully saturated rings. The van der Waals surface area contributed by atoms with E-state index in [1.54, 1.807) is 48.5 Å². The summed E-state index contributed by atoms with van der Waals surface area (Å²) in [6.07, 6.45) is 0.798. The predicted octanol–water partition coefficient (Wildman–Crippen LogP) is 4.83. The number of hydrogen-bond donors (Lipinski definition) is 1. The molecule has 1 N–H and O–H groups in total. The first kappa shape index (κ1) is 22.0. The zero-order valence-electron chi connectivity index (χ0n) is 17.5. The number of anilines is 1. The van der Waals surface area contributed by atoms with Crippen LogP contribution in [-0.4, -0.2) is 20.5 Å². The Morgan fingerprint density at radius 2 is 2.00 bits per heavy atom. The van der Waals surface area contributed by atoms with Crippen LogP contribution >= 0.6 is 22.9 Å². The van der Waals surface area contributed by atoms with Crippen molar-refractivity contribution in [3.8, 4) is 5.75 Å². The molecule has 2 heterocycles. The van der Waals surface area contributed by atoms with Gasteiger partial charge >= 0.3 is 0 Å². The summed E-state index contributed by atoms with van der Waals surface area (Å²) >= 11 is 7.50. The summed E-state index contributed by atoms with van der Waals surface area (Å²) in [7, 11) is 0. The number of hydrogen-bond acceptors (Lipinski definition) is 6. The van der Waals surface area contributed by atoms with Crippen LogP contribution in [0.3, 0.4) is 0 Å². The fourth-order valence-corrected chi connectivity index (χ4v) is 4.42. The second kappa shape index (κ2) is 9.50. The van der Waals surface area contributed by atoms with Crippen LogP contribution in [0, 0.1) is 5.92 Å². The summed E-state index contributed by atoms with van der Waals surface area (Å²) in [5.74, 6) is 0.670. The van der Waals surface area contributed by atoms with E-state index in [4.69, 9.17) is 16.3 Å². The van der Waals surface area contributed by atoms with E-state index in [1.807, 2.05) is 0 Å². The van der Waals surface area contributed by atoms with Crippen LogP contribution in [0.15, 0.2) is 59.4 Å². The van der Waals surface area contributed by atoms with Crippen LogP contribution in [0.4, 0.5) is 5.69 Å². The van der Waals surface area contributed by atoms with Crippen LogP contribution in [0.25, 0.3) is 4.96 Å². The number of halogens is 1. The molecule has 4 aromatic rings. The number of nitrogens with one attached hydrogen (secondary N) is 1. The number of carbonyl (C=O) groups excluding carboxylic acids is 1. The first-order valence-electron chi connectivity index (χ1n) is 10.1. The molecule has 0 aliphatic rings. The standard InChI is InChI=1S/C23H21ClN4O3S/c1-14(2)10-20-27-28-21(29)12-16(26-23(28)32-20)13-31-17-7-5-6-15(11-17)25-22(30)18-8-3-4-9-19(18)24/h3-9,11-12,14H,10,13H2,1-2H3,(H,25,30). The summed E-state index contributed by atoms with van der Waals surface area (Å²) in [5.41, 5.74) is 1.23. The Labute approximate surface area is 193 Å². The first-order chi connectivity index (χ1) is 15.4. The van der Waals surface area contributed by atoms with Crippen LogP contribution in [-0.2, 0) is 13.0 Å². The van der Waals surface area contributed by atoms with Crippen molar-refractivity contribution in [3.63, 3.8) is 0 Å².